The van der Waals surface area contributed by atoms with Gasteiger partial charge in [0.1, 0.15) is 7.14 Å². The lowest BCUT2D eigenvalue weighted by Crippen LogP contribution is -1.99. The third kappa shape index (κ3) is 8.32. The Morgan fingerprint density at radius 1 is 0.812 bits per heavy atom. The summed E-state index contributed by atoms with van der Waals surface area (Å²) in [7, 11) is -2.64. The lowest BCUT2D eigenvalue weighted by atomic mass is 10.1. The van der Waals surface area contributed by atoms with E-state index in [2.05, 4.69) is 6.92 Å². The molecule has 0 radical (unpaired) electrons. The minimum atomic E-state index is -2.64. The first-order valence-electron chi connectivity index (χ1n) is 6.47. The fourth-order valence-corrected chi connectivity index (χ4v) is 2.89. The highest BCUT2D eigenvalue weighted by atomic mass is 31.2. The van der Waals surface area contributed by atoms with Crippen molar-refractivity contribution in [2.45, 2.75) is 58.3 Å². The van der Waals surface area contributed by atoms with Crippen molar-refractivity contribution in [3.05, 3.63) is 0 Å². The van der Waals surface area contributed by atoms with Gasteiger partial charge in [-0.3, -0.25) is 0 Å². The molecule has 0 aromatic carbocycles. The molecule has 0 rings (SSSR count). The molecule has 16 heavy (non-hydrogen) atoms. The first-order chi connectivity index (χ1) is 7.68. The number of hydrogen-bond donors (Lipinski definition) is 2. The molecule has 4 heteroatoms. The third-order valence-corrected chi connectivity index (χ3v) is 5.10. The molecule has 0 aliphatic rings. The Balaban J connectivity index is 3.29. The van der Waals surface area contributed by atoms with Gasteiger partial charge < -0.3 is 14.8 Å². The maximum absolute atomic E-state index is 11.6. The van der Waals surface area contributed by atoms with Crippen LogP contribution in [-0.4, -0.2) is 29.1 Å². The molecule has 0 bridgehead atoms. The van der Waals surface area contributed by atoms with Crippen LogP contribution >= 0.6 is 7.14 Å². The predicted molar refractivity (Wildman–Crippen MR) is 69.3 cm³/mol. The zero-order chi connectivity index (χ0) is 12.3. The average Bonchev–Trinajstić information content (AvgIpc) is 2.32. The van der Waals surface area contributed by atoms with Crippen molar-refractivity contribution in [1.29, 1.82) is 0 Å². The number of rotatable bonds is 11. The fraction of sp³-hybridized carbons (Fsp3) is 1.00. The largest absolute Gasteiger partial charge is 0.389 e. The Morgan fingerprint density at radius 3 is 1.69 bits per heavy atom. The van der Waals surface area contributed by atoms with Crippen LogP contribution in [-0.2, 0) is 4.57 Å². The first kappa shape index (κ1) is 16.1. The molecule has 0 aliphatic heterocycles. The van der Waals surface area contributed by atoms with Gasteiger partial charge in [-0.2, -0.15) is 0 Å². The summed E-state index contributed by atoms with van der Waals surface area (Å²) in [6.07, 6.45) is 9.38. The SMILES string of the molecule is CCCCCCCCCCP(=O)(CO)CO. The van der Waals surface area contributed by atoms with E-state index < -0.39 is 7.14 Å². The molecule has 0 aromatic rings. The van der Waals surface area contributed by atoms with Gasteiger partial charge in [-0.1, -0.05) is 51.9 Å². The Morgan fingerprint density at radius 2 is 1.25 bits per heavy atom. The van der Waals surface area contributed by atoms with Crippen LogP contribution in [0.1, 0.15) is 58.3 Å². The van der Waals surface area contributed by atoms with Gasteiger partial charge in [0.2, 0.25) is 0 Å². The van der Waals surface area contributed by atoms with Crippen LogP contribution < -0.4 is 0 Å². The molecular formula is C12H27O3P. The maximum Gasteiger partial charge on any atom is 0.136 e. The molecule has 0 saturated carbocycles. The third-order valence-electron chi connectivity index (χ3n) is 2.93. The van der Waals surface area contributed by atoms with Crippen molar-refractivity contribution in [1.82, 2.24) is 0 Å². The van der Waals surface area contributed by atoms with Crippen molar-refractivity contribution in [3.63, 3.8) is 0 Å². The molecule has 0 unspecified atom stereocenters. The van der Waals surface area contributed by atoms with Crippen LogP contribution in [0.2, 0.25) is 0 Å². The summed E-state index contributed by atoms with van der Waals surface area (Å²) < 4.78 is 11.6. The van der Waals surface area contributed by atoms with E-state index in [-0.39, 0.29) is 12.7 Å². The molecular weight excluding hydrogens is 223 g/mol. The summed E-state index contributed by atoms with van der Waals surface area (Å²) in [5.41, 5.74) is 0. The molecule has 0 amide bonds. The molecule has 0 heterocycles. The molecule has 0 atom stereocenters. The molecule has 2 N–H and O–H groups in total. The van der Waals surface area contributed by atoms with E-state index in [4.69, 9.17) is 10.2 Å². The summed E-state index contributed by atoms with van der Waals surface area (Å²) in [6, 6.07) is 0. The number of aliphatic hydroxyl groups is 2. The summed E-state index contributed by atoms with van der Waals surface area (Å²) in [4.78, 5) is 0. The number of aliphatic hydroxyl groups excluding tert-OH is 2. The maximum atomic E-state index is 11.6. The molecule has 98 valence electrons. The second kappa shape index (κ2) is 10.3. The summed E-state index contributed by atoms with van der Waals surface area (Å²) in [6.45, 7) is 2.21. The topological polar surface area (TPSA) is 57.5 Å². The second-order valence-corrected chi connectivity index (χ2v) is 7.67. The fourth-order valence-electron chi connectivity index (χ4n) is 1.72. The number of unbranched alkanes of at least 4 members (excludes halogenated alkanes) is 7. The Labute approximate surface area is 99.6 Å². The molecule has 3 nitrogen and oxygen atoms in total. The first-order valence-corrected chi connectivity index (χ1v) is 8.73. The van der Waals surface area contributed by atoms with Gasteiger partial charge >= 0.3 is 0 Å². The van der Waals surface area contributed by atoms with Crippen molar-refractivity contribution < 1.29 is 14.8 Å². The van der Waals surface area contributed by atoms with Gasteiger partial charge in [-0.25, -0.2) is 0 Å². The second-order valence-electron chi connectivity index (χ2n) is 4.54. The van der Waals surface area contributed by atoms with E-state index in [0.29, 0.717) is 6.16 Å². The smallest absolute Gasteiger partial charge is 0.136 e. The van der Waals surface area contributed by atoms with Gasteiger partial charge in [-0.05, 0) is 6.42 Å². The van der Waals surface area contributed by atoms with E-state index in [0.717, 1.165) is 12.8 Å². The predicted octanol–water partition coefficient (Wildman–Crippen LogP) is 3.39. The highest BCUT2D eigenvalue weighted by Gasteiger charge is 2.18. The number of hydrogen-bond acceptors (Lipinski definition) is 3. The van der Waals surface area contributed by atoms with Crippen molar-refractivity contribution in [2.24, 2.45) is 0 Å². The minimum Gasteiger partial charge on any atom is -0.389 e. The normalized spacial score (nSPS) is 11.9. The molecule has 0 saturated heterocycles. The molecule has 0 aliphatic carbocycles. The zero-order valence-electron chi connectivity index (χ0n) is 10.5. The summed E-state index contributed by atoms with van der Waals surface area (Å²) in [5, 5.41) is 17.7. The van der Waals surface area contributed by atoms with E-state index in [1.54, 1.807) is 0 Å². The Kier molecular flexibility index (Phi) is 10.4. The van der Waals surface area contributed by atoms with Crippen LogP contribution in [0.15, 0.2) is 0 Å². The van der Waals surface area contributed by atoms with Crippen molar-refractivity contribution >= 4 is 7.14 Å². The van der Waals surface area contributed by atoms with Crippen LogP contribution in [0.4, 0.5) is 0 Å². The highest BCUT2D eigenvalue weighted by Crippen LogP contribution is 2.43. The van der Waals surface area contributed by atoms with Crippen LogP contribution in [0.25, 0.3) is 0 Å². The lowest BCUT2D eigenvalue weighted by Gasteiger charge is -2.11. The molecule has 0 fully saturated rings. The van der Waals surface area contributed by atoms with E-state index in [1.807, 2.05) is 0 Å². The van der Waals surface area contributed by atoms with Gasteiger partial charge in [0.05, 0.1) is 12.7 Å². The van der Waals surface area contributed by atoms with E-state index in [1.165, 1.54) is 38.5 Å². The monoisotopic (exact) mass is 250 g/mol. The van der Waals surface area contributed by atoms with Gasteiger partial charge in [-0.15, -0.1) is 0 Å². The van der Waals surface area contributed by atoms with Gasteiger partial charge in [0.15, 0.2) is 0 Å². The van der Waals surface area contributed by atoms with Crippen LogP contribution in [0.3, 0.4) is 0 Å². The molecule has 0 spiro atoms. The average molecular weight is 250 g/mol. The van der Waals surface area contributed by atoms with Crippen LogP contribution in [0, 0.1) is 0 Å². The molecule has 0 aromatic heterocycles. The lowest BCUT2D eigenvalue weighted by molar-refractivity contribution is 0.324. The highest BCUT2D eigenvalue weighted by molar-refractivity contribution is 7.63. The zero-order valence-corrected chi connectivity index (χ0v) is 11.4. The summed E-state index contributed by atoms with van der Waals surface area (Å²) >= 11 is 0. The summed E-state index contributed by atoms with van der Waals surface area (Å²) in [5.74, 6) is 0. The van der Waals surface area contributed by atoms with Crippen molar-refractivity contribution in [2.75, 3.05) is 18.9 Å². The Hall–Kier alpha value is 0.150. The van der Waals surface area contributed by atoms with Crippen LogP contribution in [0.5, 0.6) is 0 Å². The standard InChI is InChI=1S/C12H27O3P/c1-2-3-4-5-6-7-8-9-10-16(15,11-13)12-14/h13-14H,2-12H2,1H3. The van der Waals surface area contributed by atoms with E-state index >= 15 is 0 Å². The van der Waals surface area contributed by atoms with Gasteiger partial charge in [0.25, 0.3) is 0 Å². The van der Waals surface area contributed by atoms with E-state index in [9.17, 15) is 4.57 Å². The van der Waals surface area contributed by atoms with Crippen molar-refractivity contribution in [3.8, 4) is 0 Å². The van der Waals surface area contributed by atoms with Gasteiger partial charge in [0, 0.05) is 6.16 Å². The quantitative estimate of drug-likeness (QED) is 0.436. The minimum absolute atomic E-state index is 0.347. The Bertz CT molecular complexity index is 187.